The van der Waals surface area contributed by atoms with E-state index in [1.807, 2.05) is 24.3 Å². The molecule has 0 unspecified atom stereocenters. The van der Waals surface area contributed by atoms with Crippen LogP contribution in [-0.4, -0.2) is 17.1 Å². The molecule has 4 nitrogen and oxygen atoms in total. The number of nitrogens with zero attached hydrogens (tertiary/aromatic N) is 2. The number of methoxy groups -OCH3 is 1. The molecule has 4 aromatic rings. The number of rotatable bonds is 4. The van der Waals surface area contributed by atoms with Crippen molar-refractivity contribution in [3.8, 4) is 16.9 Å². The Morgan fingerprint density at radius 2 is 1.70 bits per heavy atom. The van der Waals surface area contributed by atoms with Gasteiger partial charge in [0, 0.05) is 16.0 Å². The average Bonchev–Trinajstić information content (AvgIpc) is 3.09. The monoisotopic (exact) mass is 435 g/mol. The predicted octanol–water partition coefficient (Wildman–Crippen LogP) is 7.07. The maximum Gasteiger partial charge on any atom is 0.143 e. The molecule has 4 rings (SSSR count). The van der Waals surface area contributed by atoms with Gasteiger partial charge >= 0.3 is 0 Å². The number of nitrogens with one attached hydrogen (secondary N) is 1. The highest BCUT2D eigenvalue weighted by Gasteiger charge is 2.16. The van der Waals surface area contributed by atoms with Crippen LogP contribution in [-0.2, 0) is 0 Å². The van der Waals surface area contributed by atoms with Gasteiger partial charge in [-0.25, -0.2) is 9.97 Å². The Morgan fingerprint density at radius 3 is 2.37 bits per heavy atom. The van der Waals surface area contributed by atoms with Gasteiger partial charge in [-0.3, -0.25) is 0 Å². The summed E-state index contributed by atoms with van der Waals surface area (Å²) in [6.07, 6.45) is 1.51. The van der Waals surface area contributed by atoms with Gasteiger partial charge in [0.15, 0.2) is 0 Å². The van der Waals surface area contributed by atoms with Gasteiger partial charge in [0.2, 0.25) is 0 Å². The Bertz CT molecular complexity index is 1110. The lowest BCUT2D eigenvalue weighted by atomic mass is 10.1. The number of hydrogen-bond acceptors (Lipinski definition) is 5. The molecule has 0 bridgehead atoms. The van der Waals surface area contributed by atoms with E-state index < -0.39 is 0 Å². The molecule has 0 aliphatic rings. The number of hydrogen-bond donors (Lipinski definition) is 1. The number of aromatic nitrogens is 2. The molecule has 0 atom stereocenters. The summed E-state index contributed by atoms with van der Waals surface area (Å²) >= 11 is 20.2. The van der Waals surface area contributed by atoms with Crippen LogP contribution < -0.4 is 10.1 Å². The standard InChI is InChI=1S/C19H12Cl3N3OS/c1-26-12-4-2-10(3-5-12)13-8-27-19-16(13)18(23-9-24-19)25-17-14(21)6-11(20)7-15(17)22/h2-9H,1H3,(H,23,24,25). The van der Waals surface area contributed by atoms with Crippen LogP contribution in [0.1, 0.15) is 0 Å². The second kappa shape index (κ2) is 7.52. The van der Waals surface area contributed by atoms with Gasteiger partial charge < -0.3 is 10.1 Å². The van der Waals surface area contributed by atoms with Crippen molar-refractivity contribution in [2.75, 3.05) is 12.4 Å². The third-order valence-electron chi connectivity index (χ3n) is 4.02. The van der Waals surface area contributed by atoms with E-state index in [0.717, 1.165) is 27.1 Å². The highest BCUT2D eigenvalue weighted by atomic mass is 35.5. The number of benzene rings is 2. The van der Waals surface area contributed by atoms with Gasteiger partial charge in [-0.05, 0) is 29.8 Å². The molecule has 0 saturated heterocycles. The van der Waals surface area contributed by atoms with Crippen LogP contribution in [0.5, 0.6) is 5.75 Å². The van der Waals surface area contributed by atoms with E-state index in [1.165, 1.54) is 6.33 Å². The third-order valence-corrected chi connectivity index (χ3v) is 5.72. The lowest BCUT2D eigenvalue weighted by Gasteiger charge is -2.12. The number of ether oxygens (including phenoxy) is 1. The maximum atomic E-state index is 6.31. The first-order valence-corrected chi connectivity index (χ1v) is 9.86. The molecule has 8 heteroatoms. The summed E-state index contributed by atoms with van der Waals surface area (Å²) in [5, 5.41) is 7.49. The zero-order valence-corrected chi connectivity index (χ0v) is 17.0. The first kappa shape index (κ1) is 18.3. The van der Waals surface area contributed by atoms with E-state index in [9.17, 15) is 0 Å². The highest BCUT2D eigenvalue weighted by molar-refractivity contribution is 7.17. The molecule has 0 radical (unpaired) electrons. The fraction of sp³-hybridized carbons (Fsp3) is 0.0526. The van der Waals surface area contributed by atoms with Crippen molar-refractivity contribution in [3.63, 3.8) is 0 Å². The summed E-state index contributed by atoms with van der Waals surface area (Å²) in [7, 11) is 1.64. The zero-order valence-electron chi connectivity index (χ0n) is 14.0. The topological polar surface area (TPSA) is 47.0 Å². The van der Waals surface area contributed by atoms with Crippen LogP contribution in [0, 0.1) is 0 Å². The molecule has 0 saturated carbocycles. The van der Waals surface area contributed by atoms with E-state index in [0.29, 0.717) is 26.6 Å². The summed E-state index contributed by atoms with van der Waals surface area (Å²) < 4.78 is 5.24. The molecule has 0 aliphatic carbocycles. The molecule has 2 heterocycles. The zero-order chi connectivity index (χ0) is 19.0. The minimum atomic E-state index is 0.417. The van der Waals surface area contributed by atoms with Crippen molar-refractivity contribution in [2.45, 2.75) is 0 Å². The number of anilines is 2. The van der Waals surface area contributed by atoms with Gasteiger partial charge in [-0.2, -0.15) is 0 Å². The van der Waals surface area contributed by atoms with E-state index in [4.69, 9.17) is 39.5 Å². The molecular formula is C19H12Cl3N3OS. The fourth-order valence-corrected chi connectivity index (χ4v) is 4.56. The second-order valence-electron chi connectivity index (χ2n) is 5.65. The molecule has 2 aromatic heterocycles. The van der Waals surface area contributed by atoms with Gasteiger partial charge in [-0.15, -0.1) is 11.3 Å². The molecule has 0 fully saturated rings. The van der Waals surface area contributed by atoms with Gasteiger partial charge in [0.05, 0.1) is 28.2 Å². The van der Waals surface area contributed by atoms with E-state index in [2.05, 4.69) is 20.7 Å². The van der Waals surface area contributed by atoms with Crippen LogP contribution in [0.15, 0.2) is 48.1 Å². The van der Waals surface area contributed by atoms with E-state index >= 15 is 0 Å². The Hall–Kier alpha value is -2.05. The van der Waals surface area contributed by atoms with Gasteiger partial charge in [-0.1, -0.05) is 46.9 Å². The first-order valence-electron chi connectivity index (χ1n) is 7.85. The Balaban J connectivity index is 1.83. The van der Waals surface area contributed by atoms with Crippen LogP contribution in [0.4, 0.5) is 11.5 Å². The lowest BCUT2D eigenvalue weighted by molar-refractivity contribution is 0.415. The maximum absolute atomic E-state index is 6.31. The molecule has 136 valence electrons. The molecule has 0 aliphatic heterocycles. The minimum Gasteiger partial charge on any atom is -0.497 e. The molecule has 2 aromatic carbocycles. The van der Waals surface area contributed by atoms with Crippen molar-refractivity contribution in [2.24, 2.45) is 0 Å². The van der Waals surface area contributed by atoms with Crippen LogP contribution in [0.2, 0.25) is 15.1 Å². The molecular weight excluding hydrogens is 425 g/mol. The third kappa shape index (κ3) is 3.56. The van der Waals surface area contributed by atoms with Crippen molar-refractivity contribution in [3.05, 3.63) is 63.2 Å². The Kier molecular flexibility index (Phi) is 5.10. The predicted molar refractivity (Wildman–Crippen MR) is 114 cm³/mol. The number of fused-ring (bicyclic) bond motifs is 1. The lowest BCUT2D eigenvalue weighted by Crippen LogP contribution is -1.97. The van der Waals surface area contributed by atoms with Crippen LogP contribution in [0.3, 0.4) is 0 Å². The van der Waals surface area contributed by atoms with Crippen molar-refractivity contribution >= 4 is 67.9 Å². The first-order chi connectivity index (χ1) is 13.1. The molecule has 0 spiro atoms. The van der Waals surface area contributed by atoms with E-state index in [1.54, 1.807) is 30.6 Å². The average molecular weight is 437 g/mol. The smallest absolute Gasteiger partial charge is 0.143 e. The Labute approximate surface area is 174 Å². The normalized spacial score (nSPS) is 11.0. The summed E-state index contributed by atoms with van der Waals surface area (Å²) in [6, 6.07) is 11.1. The largest absolute Gasteiger partial charge is 0.497 e. The summed E-state index contributed by atoms with van der Waals surface area (Å²) in [6.45, 7) is 0. The molecule has 1 N–H and O–H groups in total. The quantitative estimate of drug-likeness (QED) is 0.371. The van der Waals surface area contributed by atoms with Gasteiger partial charge in [0.25, 0.3) is 0 Å². The SMILES string of the molecule is COc1ccc(-c2csc3ncnc(Nc4c(Cl)cc(Cl)cc4Cl)c23)cc1. The van der Waals surface area contributed by atoms with Gasteiger partial charge in [0.1, 0.15) is 22.7 Å². The molecule has 27 heavy (non-hydrogen) atoms. The summed E-state index contributed by atoms with van der Waals surface area (Å²) in [5.41, 5.74) is 2.60. The van der Waals surface area contributed by atoms with Crippen LogP contribution in [0.25, 0.3) is 21.3 Å². The van der Waals surface area contributed by atoms with Crippen molar-refractivity contribution in [1.82, 2.24) is 9.97 Å². The highest BCUT2D eigenvalue weighted by Crippen LogP contribution is 2.41. The summed E-state index contributed by atoms with van der Waals surface area (Å²) in [4.78, 5) is 9.65. The minimum absolute atomic E-state index is 0.417. The number of thiophene rings is 1. The van der Waals surface area contributed by atoms with Crippen LogP contribution >= 0.6 is 46.1 Å². The van der Waals surface area contributed by atoms with Crippen molar-refractivity contribution < 1.29 is 4.74 Å². The summed E-state index contributed by atoms with van der Waals surface area (Å²) in [5.74, 6) is 1.42. The second-order valence-corrected chi connectivity index (χ2v) is 7.76. The Morgan fingerprint density at radius 1 is 1.00 bits per heavy atom. The fourth-order valence-electron chi connectivity index (χ4n) is 2.73. The molecule has 0 amide bonds. The van der Waals surface area contributed by atoms with E-state index in [-0.39, 0.29) is 0 Å². The number of halogens is 3. The van der Waals surface area contributed by atoms with Crippen molar-refractivity contribution in [1.29, 1.82) is 0 Å².